The highest BCUT2D eigenvalue weighted by molar-refractivity contribution is 6.13. The van der Waals surface area contributed by atoms with Crippen molar-refractivity contribution in [3.05, 3.63) is 72.8 Å². The molecule has 4 rings (SSSR count). The SMILES string of the molecule is CC(C)(C)OC(=O)CNc1ccc2ccccc2c1-c1c(NCC(=O)OC(C)(C)C)ccc2ccccc12. The van der Waals surface area contributed by atoms with Crippen LogP contribution in [0.3, 0.4) is 0 Å². The molecule has 0 spiro atoms. The quantitative estimate of drug-likeness (QED) is 0.256. The Hall–Kier alpha value is -4.06. The minimum absolute atomic E-state index is 0.0219. The molecule has 0 aromatic heterocycles. The lowest BCUT2D eigenvalue weighted by Gasteiger charge is -2.23. The van der Waals surface area contributed by atoms with Crippen LogP contribution in [0, 0.1) is 0 Å². The second-order valence-corrected chi connectivity index (χ2v) is 11.3. The first-order valence-electron chi connectivity index (χ1n) is 12.9. The van der Waals surface area contributed by atoms with Crippen molar-refractivity contribution in [1.82, 2.24) is 0 Å². The van der Waals surface area contributed by atoms with Crippen molar-refractivity contribution in [2.75, 3.05) is 23.7 Å². The Bertz CT molecular complexity index is 1370. The van der Waals surface area contributed by atoms with E-state index in [1.807, 2.05) is 90.1 Å². The average Bonchev–Trinajstić information content (AvgIpc) is 2.83. The number of esters is 2. The highest BCUT2D eigenvalue weighted by Crippen LogP contribution is 2.43. The highest BCUT2D eigenvalue weighted by atomic mass is 16.6. The second-order valence-electron chi connectivity index (χ2n) is 11.3. The molecule has 0 heterocycles. The number of benzene rings is 4. The van der Waals surface area contributed by atoms with Gasteiger partial charge in [-0.2, -0.15) is 0 Å². The molecular formula is C32H36N2O4. The van der Waals surface area contributed by atoms with Crippen LogP contribution in [0.2, 0.25) is 0 Å². The lowest BCUT2D eigenvalue weighted by atomic mass is 9.91. The van der Waals surface area contributed by atoms with Crippen LogP contribution in [-0.2, 0) is 19.1 Å². The smallest absolute Gasteiger partial charge is 0.325 e. The molecule has 0 radical (unpaired) electrons. The van der Waals surface area contributed by atoms with Gasteiger partial charge in [-0.25, -0.2) is 0 Å². The Morgan fingerprint density at radius 1 is 0.579 bits per heavy atom. The number of fused-ring (bicyclic) bond motifs is 2. The van der Waals surface area contributed by atoms with Crippen LogP contribution in [-0.4, -0.2) is 36.2 Å². The summed E-state index contributed by atoms with van der Waals surface area (Å²) in [5.74, 6) is -0.671. The van der Waals surface area contributed by atoms with Gasteiger partial charge in [0.2, 0.25) is 0 Å². The number of carbonyl (C=O) groups excluding carboxylic acids is 2. The van der Waals surface area contributed by atoms with Gasteiger partial charge in [0.25, 0.3) is 0 Å². The summed E-state index contributed by atoms with van der Waals surface area (Å²) >= 11 is 0. The Labute approximate surface area is 224 Å². The van der Waals surface area contributed by atoms with Gasteiger partial charge in [-0.15, -0.1) is 0 Å². The molecule has 4 aromatic rings. The molecule has 0 amide bonds. The van der Waals surface area contributed by atoms with Crippen LogP contribution in [0.1, 0.15) is 41.5 Å². The lowest BCUT2D eigenvalue weighted by molar-refractivity contribution is -0.153. The van der Waals surface area contributed by atoms with Gasteiger partial charge in [-0.05, 0) is 75.2 Å². The van der Waals surface area contributed by atoms with Crippen LogP contribution in [0.25, 0.3) is 32.7 Å². The molecule has 0 bridgehead atoms. The summed E-state index contributed by atoms with van der Waals surface area (Å²) in [6, 6.07) is 24.3. The van der Waals surface area contributed by atoms with Gasteiger partial charge in [0.05, 0.1) is 0 Å². The maximum Gasteiger partial charge on any atom is 0.325 e. The molecule has 0 aliphatic heterocycles. The van der Waals surface area contributed by atoms with E-state index >= 15 is 0 Å². The van der Waals surface area contributed by atoms with Gasteiger partial charge in [-0.1, -0.05) is 60.7 Å². The van der Waals surface area contributed by atoms with Crippen molar-refractivity contribution >= 4 is 44.9 Å². The predicted molar refractivity (Wildman–Crippen MR) is 156 cm³/mol. The summed E-state index contributed by atoms with van der Waals surface area (Å²) in [5, 5.41) is 10.8. The minimum Gasteiger partial charge on any atom is -0.459 e. The molecule has 0 atom stereocenters. The molecule has 0 saturated heterocycles. The third-order valence-electron chi connectivity index (χ3n) is 5.79. The van der Waals surface area contributed by atoms with Crippen molar-refractivity contribution in [3.8, 4) is 11.1 Å². The van der Waals surface area contributed by atoms with Gasteiger partial charge in [0.1, 0.15) is 24.3 Å². The molecule has 0 aliphatic carbocycles. The molecular weight excluding hydrogens is 476 g/mol. The van der Waals surface area contributed by atoms with E-state index in [-0.39, 0.29) is 25.0 Å². The number of anilines is 2. The number of hydrogen-bond donors (Lipinski definition) is 2. The van der Waals surface area contributed by atoms with Gasteiger partial charge in [0.15, 0.2) is 0 Å². The van der Waals surface area contributed by atoms with E-state index in [4.69, 9.17) is 9.47 Å². The van der Waals surface area contributed by atoms with E-state index in [1.165, 1.54) is 0 Å². The number of carbonyl (C=O) groups is 2. The van der Waals surface area contributed by atoms with Gasteiger partial charge >= 0.3 is 11.9 Å². The maximum atomic E-state index is 12.6. The summed E-state index contributed by atoms with van der Waals surface area (Å²) in [5.41, 5.74) is 2.33. The van der Waals surface area contributed by atoms with Crippen molar-refractivity contribution in [2.45, 2.75) is 52.7 Å². The van der Waals surface area contributed by atoms with E-state index in [0.717, 1.165) is 44.0 Å². The molecule has 0 saturated carbocycles. The maximum absolute atomic E-state index is 12.6. The molecule has 4 aromatic carbocycles. The summed E-state index contributed by atoms with van der Waals surface area (Å²) in [4.78, 5) is 25.1. The summed E-state index contributed by atoms with van der Waals surface area (Å²) in [7, 11) is 0. The van der Waals surface area contributed by atoms with E-state index in [1.54, 1.807) is 0 Å². The van der Waals surface area contributed by atoms with E-state index in [9.17, 15) is 9.59 Å². The molecule has 2 N–H and O–H groups in total. The van der Waals surface area contributed by atoms with E-state index < -0.39 is 11.2 Å². The van der Waals surface area contributed by atoms with Crippen LogP contribution in [0.15, 0.2) is 72.8 Å². The van der Waals surface area contributed by atoms with Crippen molar-refractivity contribution in [2.24, 2.45) is 0 Å². The largest absolute Gasteiger partial charge is 0.459 e. The summed E-state index contributed by atoms with van der Waals surface area (Å²) in [6.07, 6.45) is 0. The molecule has 0 aliphatic rings. The fourth-order valence-corrected chi connectivity index (χ4v) is 4.47. The zero-order valence-electron chi connectivity index (χ0n) is 23.0. The minimum atomic E-state index is -0.570. The first-order valence-corrected chi connectivity index (χ1v) is 12.9. The molecule has 6 heteroatoms. The zero-order valence-corrected chi connectivity index (χ0v) is 23.0. The monoisotopic (exact) mass is 512 g/mol. The normalized spacial score (nSPS) is 11.8. The highest BCUT2D eigenvalue weighted by Gasteiger charge is 2.21. The lowest BCUT2D eigenvalue weighted by Crippen LogP contribution is -2.28. The number of rotatable bonds is 7. The summed E-state index contributed by atoms with van der Waals surface area (Å²) < 4.78 is 11.1. The van der Waals surface area contributed by atoms with Crippen LogP contribution in [0.5, 0.6) is 0 Å². The molecule has 0 unspecified atom stereocenters. The predicted octanol–water partition coefficient (Wildman–Crippen LogP) is 7.17. The van der Waals surface area contributed by atoms with Crippen LogP contribution < -0.4 is 10.6 Å². The first kappa shape index (κ1) is 27.0. The van der Waals surface area contributed by atoms with Crippen LogP contribution >= 0.6 is 0 Å². The van der Waals surface area contributed by atoms with Crippen LogP contribution in [0.4, 0.5) is 11.4 Å². The van der Waals surface area contributed by atoms with Crippen molar-refractivity contribution in [1.29, 1.82) is 0 Å². The van der Waals surface area contributed by atoms with Gasteiger partial charge < -0.3 is 20.1 Å². The standard InChI is InChI=1S/C32H36N2O4/c1-31(2,3)37-27(35)19-33-25-17-15-21-11-7-9-13-23(21)29(25)30-24-14-10-8-12-22(24)16-18-26(30)34-20-28(36)38-32(4,5)6/h7-18,33-34H,19-20H2,1-6H3. The third kappa shape index (κ3) is 6.62. The number of nitrogens with one attached hydrogen (secondary N) is 2. The third-order valence-corrected chi connectivity index (χ3v) is 5.79. The summed E-state index contributed by atoms with van der Waals surface area (Å²) in [6.45, 7) is 11.2. The fraction of sp³-hybridized carbons (Fsp3) is 0.312. The van der Waals surface area contributed by atoms with Gasteiger partial charge in [-0.3, -0.25) is 9.59 Å². The first-order chi connectivity index (χ1) is 17.9. The van der Waals surface area contributed by atoms with E-state index in [0.29, 0.717) is 0 Å². The Morgan fingerprint density at radius 3 is 1.32 bits per heavy atom. The fourth-order valence-electron chi connectivity index (χ4n) is 4.47. The second kappa shape index (κ2) is 10.7. The Morgan fingerprint density at radius 2 is 0.947 bits per heavy atom. The molecule has 0 fully saturated rings. The molecule has 6 nitrogen and oxygen atoms in total. The molecule has 38 heavy (non-hydrogen) atoms. The van der Waals surface area contributed by atoms with E-state index in [2.05, 4.69) is 34.9 Å². The molecule has 198 valence electrons. The Kier molecular flexibility index (Phi) is 7.63. The number of hydrogen-bond acceptors (Lipinski definition) is 6. The Balaban J connectivity index is 1.84. The zero-order chi connectivity index (χ0) is 27.5. The number of ether oxygens (including phenoxy) is 2. The van der Waals surface area contributed by atoms with Crippen molar-refractivity contribution in [3.63, 3.8) is 0 Å². The van der Waals surface area contributed by atoms with Crippen molar-refractivity contribution < 1.29 is 19.1 Å². The topological polar surface area (TPSA) is 76.7 Å². The average molecular weight is 513 g/mol. The van der Waals surface area contributed by atoms with Gasteiger partial charge in [0, 0.05) is 22.5 Å².